The van der Waals surface area contributed by atoms with E-state index in [4.69, 9.17) is 4.52 Å². The summed E-state index contributed by atoms with van der Waals surface area (Å²) in [5.41, 5.74) is 2.15. The topological polar surface area (TPSA) is 82.5 Å². The molecule has 0 spiro atoms. The van der Waals surface area contributed by atoms with Crippen LogP contribution in [0.1, 0.15) is 36.4 Å². The molecule has 0 saturated carbocycles. The first kappa shape index (κ1) is 18.4. The van der Waals surface area contributed by atoms with Crippen LogP contribution in [0.25, 0.3) is 11.4 Å². The number of hydrogen-bond acceptors (Lipinski definition) is 7. The highest BCUT2D eigenvalue weighted by Crippen LogP contribution is 2.35. The van der Waals surface area contributed by atoms with Crippen molar-refractivity contribution in [3.05, 3.63) is 72.1 Å². The van der Waals surface area contributed by atoms with Gasteiger partial charge in [-0.15, -0.1) is 10.2 Å². The second-order valence-electron chi connectivity index (χ2n) is 6.28. The number of nitrogens with zero attached hydrogens (tertiary/aromatic N) is 6. The fourth-order valence-electron chi connectivity index (χ4n) is 2.78. The van der Waals surface area contributed by atoms with Crippen LogP contribution in [-0.2, 0) is 13.0 Å². The minimum Gasteiger partial charge on any atom is -0.338 e. The highest BCUT2D eigenvalue weighted by molar-refractivity contribution is 7.99. The molecule has 7 nitrogen and oxygen atoms in total. The lowest BCUT2D eigenvalue weighted by Crippen LogP contribution is -2.05. The van der Waals surface area contributed by atoms with E-state index in [-0.39, 0.29) is 5.25 Å². The molecule has 1 atom stereocenters. The Bertz CT molecular complexity index is 1030. The Kier molecular flexibility index (Phi) is 5.48. The molecular weight excluding hydrogens is 372 g/mol. The van der Waals surface area contributed by atoms with Gasteiger partial charge in [-0.05, 0) is 24.6 Å². The van der Waals surface area contributed by atoms with Gasteiger partial charge in [0, 0.05) is 24.4 Å². The molecule has 8 heteroatoms. The number of aryl methyl sites for hydroxylation is 1. The fourth-order valence-corrected chi connectivity index (χ4v) is 3.66. The van der Waals surface area contributed by atoms with Gasteiger partial charge in [0.25, 0.3) is 0 Å². The van der Waals surface area contributed by atoms with Crippen molar-refractivity contribution < 1.29 is 4.52 Å². The van der Waals surface area contributed by atoms with Gasteiger partial charge >= 0.3 is 0 Å². The summed E-state index contributed by atoms with van der Waals surface area (Å²) in [4.78, 5) is 8.54. The van der Waals surface area contributed by atoms with Crippen LogP contribution in [0.2, 0.25) is 0 Å². The Balaban J connectivity index is 1.67. The first-order chi connectivity index (χ1) is 13.7. The van der Waals surface area contributed by atoms with Crippen LogP contribution in [0.3, 0.4) is 0 Å². The van der Waals surface area contributed by atoms with Crippen LogP contribution < -0.4 is 0 Å². The van der Waals surface area contributed by atoms with Gasteiger partial charge < -0.3 is 4.52 Å². The maximum absolute atomic E-state index is 5.39. The summed E-state index contributed by atoms with van der Waals surface area (Å²) in [5, 5.41) is 13.7. The van der Waals surface area contributed by atoms with E-state index in [1.807, 2.05) is 44.2 Å². The molecule has 1 unspecified atom stereocenters. The number of rotatable bonds is 7. The molecule has 4 rings (SSSR count). The Morgan fingerprint density at radius 3 is 2.57 bits per heavy atom. The van der Waals surface area contributed by atoms with Crippen molar-refractivity contribution in [2.24, 2.45) is 0 Å². The average Bonchev–Trinajstić information content (AvgIpc) is 3.37. The van der Waals surface area contributed by atoms with E-state index in [9.17, 15) is 0 Å². The fraction of sp³-hybridized carbons (Fsp3) is 0.250. The van der Waals surface area contributed by atoms with Crippen molar-refractivity contribution in [2.45, 2.75) is 37.2 Å². The maximum atomic E-state index is 5.39. The monoisotopic (exact) mass is 392 g/mol. The van der Waals surface area contributed by atoms with Crippen molar-refractivity contribution in [1.82, 2.24) is 29.9 Å². The largest absolute Gasteiger partial charge is 0.338 e. The summed E-state index contributed by atoms with van der Waals surface area (Å²) in [6, 6.07) is 14.2. The number of thioether (sulfide) groups is 1. The maximum Gasteiger partial charge on any atom is 0.239 e. The second-order valence-corrected chi connectivity index (χ2v) is 7.58. The summed E-state index contributed by atoms with van der Waals surface area (Å²) >= 11 is 1.56. The van der Waals surface area contributed by atoms with Crippen molar-refractivity contribution in [3.8, 4) is 11.4 Å². The molecule has 0 aliphatic rings. The molecule has 0 radical (unpaired) electrons. The van der Waals surface area contributed by atoms with E-state index in [0.29, 0.717) is 18.3 Å². The van der Waals surface area contributed by atoms with E-state index in [0.717, 1.165) is 23.0 Å². The summed E-state index contributed by atoms with van der Waals surface area (Å²) in [6.45, 7) is 4.71. The third-order valence-electron chi connectivity index (χ3n) is 4.27. The van der Waals surface area contributed by atoms with Crippen LogP contribution in [0.15, 0.2) is 64.5 Å². The minimum atomic E-state index is -0.0307. The van der Waals surface area contributed by atoms with E-state index in [1.54, 1.807) is 24.2 Å². The molecule has 0 fully saturated rings. The molecule has 0 aliphatic carbocycles. The smallest absolute Gasteiger partial charge is 0.239 e. The second kappa shape index (κ2) is 8.35. The number of pyridine rings is 1. The summed E-state index contributed by atoms with van der Waals surface area (Å²) in [5.74, 6) is 2.12. The molecule has 3 aromatic heterocycles. The van der Waals surface area contributed by atoms with Gasteiger partial charge in [0.15, 0.2) is 16.8 Å². The quantitative estimate of drug-likeness (QED) is 0.436. The first-order valence-electron chi connectivity index (χ1n) is 9.11. The van der Waals surface area contributed by atoms with Crippen molar-refractivity contribution >= 4 is 11.8 Å². The highest BCUT2D eigenvalue weighted by atomic mass is 32.2. The predicted molar refractivity (Wildman–Crippen MR) is 107 cm³/mol. The van der Waals surface area contributed by atoms with Crippen molar-refractivity contribution in [1.29, 1.82) is 0 Å². The van der Waals surface area contributed by atoms with E-state index in [2.05, 4.69) is 42.0 Å². The Morgan fingerprint density at radius 2 is 1.86 bits per heavy atom. The van der Waals surface area contributed by atoms with Crippen LogP contribution in [0, 0.1) is 0 Å². The highest BCUT2D eigenvalue weighted by Gasteiger charge is 2.21. The first-order valence-corrected chi connectivity index (χ1v) is 9.99. The third kappa shape index (κ3) is 3.96. The minimum absolute atomic E-state index is 0.0307. The number of aromatic nitrogens is 6. The van der Waals surface area contributed by atoms with E-state index in [1.165, 1.54) is 5.56 Å². The normalized spacial score (nSPS) is 12.2. The number of hydrogen-bond donors (Lipinski definition) is 0. The van der Waals surface area contributed by atoms with Gasteiger partial charge in [-0.25, -0.2) is 0 Å². The average molecular weight is 392 g/mol. The standard InChI is InChI=1S/C20H20N6OS/c1-3-17-22-19(27-25-17)14(2)28-20-24-23-18(16-9-11-21-12-10-16)26(20)13-15-7-5-4-6-8-15/h4-12,14H,3,13H2,1-2H3. The zero-order chi connectivity index (χ0) is 19.3. The van der Waals surface area contributed by atoms with Crippen LogP contribution in [-0.4, -0.2) is 29.9 Å². The van der Waals surface area contributed by atoms with Gasteiger partial charge in [0.2, 0.25) is 5.89 Å². The van der Waals surface area contributed by atoms with E-state index < -0.39 is 0 Å². The van der Waals surface area contributed by atoms with Crippen LogP contribution in [0.4, 0.5) is 0 Å². The zero-order valence-corrected chi connectivity index (χ0v) is 16.5. The van der Waals surface area contributed by atoms with Gasteiger partial charge in [-0.1, -0.05) is 54.2 Å². The molecule has 0 amide bonds. The molecule has 0 saturated heterocycles. The lowest BCUT2D eigenvalue weighted by Gasteiger charge is -2.12. The molecule has 0 N–H and O–H groups in total. The van der Waals surface area contributed by atoms with Crippen molar-refractivity contribution in [2.75, 3.05) is 0 Å². The van der Waals surface area contributed by atoms with Crippen LogP contribution in [0.5, 0.6) is 0 Å². The molecule has 3 heterocycles. The lowest BCUT2D eigenvalue weighted by atomic mass is 10.2. The SMILES string of the molecule is CCc1noc(C(C)Sc2nnc(-c3ccncc3)n2Cc2ccccc2)n1. The Hall–Kier alpha value is -3.00. The molecular formula is C20H20N6OS. The van der Waals surface area contributed by atoms with E-state index >= 15 is 0 Å². The Labute approximate surface area is 167 Å². The van der Waals surface area contributed by atoms with Gasteiger partial charge in [-0.2, -0.15) is 4.98 Å². The van der Waals surface area contributed by atoms with Gasteiger partial charge in [-0.3, -0.25) is 9.55 Å². The van der Waals surface area contributed by atoms with Crippen LogP contribution >= 0.6 is 11.8 Å². The van der Waals surface area contributed by atoms with Crippen molar-refractivity contribution in [3.63, 3.8) is 0 Å². The third-order valence-corrected chi connectivity index (χ3v) is 5.34. The molecule has 4 aromatic rings. The zero-order valence-electron chi connectivity index (χ0n) is 15.7. The summed E-state index contributed by atoms with van der Waals surface area (Å²) in [6.07, 6.45) is 4.27. The predicted octanol–water partition coefficient (Wildman–Crippen LogP) is 4.19. The molecule has 142 valence electrons. The van der Waals surface area contributed by atoms with Gasteiger partial charge in [0.05, 0.1) is 11.8 Å². The number of benzene rings is 1. The molecule has 0 aliphatic heterocycles. The summed E-state index contributed by atoms with van der Waals surface area (Å²) in [7, 11) is 0. The lowest BCUT2D eigenvalue weighted by molar-refractivity contribution is 0.375. The molecule has 1 aromatic carbocycles. The molecule has 0 bridgehead atoms. The Morgan fingerprint density at radius 1 is 1.07 bits per heavy atom. The summed E-state index contributed by atoms with van der Waals surface area (Å²) < 4.78 is 7.51. The molecule has 28 heavy (non-hydrogen) atoms. The van der Waals surface area contributed by atoms with Gasteiger partial charge in [0.1, 0.15) is 0 Å².